The Labute approximate surface area is 160 Å². The summed E-state index contributed by atoms with van der Waals surface area (Å²) < 4.78 is 12.3. The summed E-state index contributed by atoms with van der Waals surface area (Å²) >= 11 is 3.41. The van der Waals surface area contributed by atoms with Crippen molar-refractivity contribution in [2.45, 2.75) is 25.6 Å². The molecule has 2 aromatic heterocycles. The SMILES string of the molecule is CCOc1cccc2c1O[C@H](c1ccsc1)N1N=C(c3cccs3)C[C@@H]21. The fraction of sp³-hybridized carbons (Fsp3) is 0.250. The van der Waals surface area contributed by atoms with Crippen LogP contribution in [-0.2, 0) is 0 Å². The summed E-state index contributed by atoms with van der Waals surface area (Å²) in [6.07, 6.45) is 0.658. The van der Waals surface area contributed by atoms with Crippen molar-refractivity contribution in [1.82, 2.24) is 5.01 Å². The highest BCUT2D eigenvalue weighted by atomic mass is 32.1. The summed E-state index contributed by atoms with van der Waals surface area (Å²) in [7, 11) is 0. The van der Waals surface area contributed by atoms with E-state index in [4.69, 9.17) is 14.6 Å². The second-order valence-electron chi connectivity index (χ2n) is 6.26. The minimum Gasteiger partial charge on any atom is -0.490 e. The van der Waals surface area contributed by atoms with Gasteiger partial charge in [-0.25, -0.2) is 5.01 Å². The number of nitrogens with zero attached hydrogens (tertiary/aromatic N) is 2. The second-order valence-corrected chi connectivity index (χ2v) is 7.99. The first-order chi connectivity index (χ1) is 12.8. The van der Waals surface area contributed by atoms with Crippen LogP contribution in [0.5, 0.6) is 11.5 Å². The van der Waals surface area contributed by atoms with E-state index in [0.717, 1.165) is 34.8 Å². The molecule has 2 atom stereocenters. The zero-order valence-electron chi connectivity index (χ0n) is 14.3. The molecule has 0 radical (unpaired) electrons. The predicted molar refractivity (Wildman–Crippen MR) is 105 cm³/mol. The van der Waals surface area contributed by atoms with Crippen LogP contribution in [0.15, 0.2) is 57.6 Å². The molecule has 0 spiro atoms. The Balaban J connectivity index is 1.61. The normalized spacial score (nSPS) is 21.0. The van der Waals surface area contributed by atoms with Gasteiger partial charge in [0.1, 0.15) is 0 Å². The smallest absolute Gasteiger partial charge is 0.214 e. The van der Waals surface area contributed by atoms with Crippen molar-refractivity contribution in [3.8, 4) is 11.5 Å². The average Bonchev–Trinajstić information content (AvgIpc) is 3.41. The summed E-state index contributed by atoms with van der Waals surface area (Å²) in [6, 6.07) is 12.7. The van der Waals surface area contributed by atoms with E-state index in [1.165, 1.54) is 4.88 Å². The highest BCUT2D eigenvalue weighted by Crippen LogP contribution is 2.51. The van der Waals surface area contributed by atoms with Gasteiger partial charge in [-0.2, -0.15) is 16.4 Å². The van der Waals surface area contributed by atoms with Gasteiger partial charge in [0.2, 0.25) is 6.23 Å². The summed E-state index contributed by atoms with van der Waals surface area (Å²) in [6.45, 7) is 2.62. The lowest BCUT2D eigenvalue weighted by molar-refractivity contribution is -0.0209. The maximum absolute atomic E-state index is 6.44. The van der Waals surface area contributed by atoms with Gasteiger partial charge in [0.05, 0.1) is 23.2 Å². The van der Waals surface area contributed by atoms with E-state index in [2.05, 4.69) is 45.4 Å². The highest BCUT2D eigenvalue weighted by Gasteiger charge is 2.42. The number of thiophene rings is 2. The molecule has 4 nitrogen and oxygen atoms in total. The molecule has 0 fully saturated rings. The molecule has 1 aromatic carbocycles. The molecule has 2 aliphatic rings. The van der Waals surface area contributed by atoms with Crippen molar-refractivity contribution in [3.63, 3.8) is 0 Å². The molecule has 2 aliphatic heterocycles. The molecule has 6 heteroatoms. The van der Waals surface area contributed by atoms with Gasteiger partial charge in [0, 0.05) is 17.5 Å². The molecular formula is C20H18N2O2S2. The number of ether oxygens (including phenoxy) is 2. The van der Waals surface area contributed by atoms with Gasteiger partial charge in [-0.05, 0) is 41.3 Å². The lowest BCUT2D eigenvalue weighted by Crippen LogP contribution is -2.33. The lowest BCUT2D eigenvalue weighted by Gasteiger charge is -2.38. The molecule has 0 saturated heterocycles. The van der Waals surface area contributed by atoms with E-state index in [-0.39, 0.29) is 12.3 Å². The van der Waals surface area contributed by atoms with Crippen molar-refractivity contribution < 1.29 is 9.47 Å². The number of benzene rings is 1. The van der Waals surface area contributed by atoms with E-state index >= 15 is 0 Å². The van der Waals surface area contributed by atoms with Gasteiger partial charge in [-0.1, -0.05) is 18.2 Å². The maximum atomic E-state index is 6.44. The quantitative estimate of drug-likeness (QED) is 0.602. The highest BCUT2D eigenvalue weighted by molar-refractivity contribution is 7.12. The predicted octanol–water partition coefficient (Wildman–Crippen LogP) is 5.45. The molecule has 0 saturated carbocycles. The molecule has 26 heavy (non-hydrogen) atoms. The van der Waals surface area contributed by atoms with Crippen LogP contribution in [0.4, 0.5) is 0 Å². The van der Waals surface area contributed by atoms with Crippen LogP contribution >= 0.6 is 22.7 Å². The van der Waals surface area contributed by atoms with Crippen LogP contribution in [0.3, 0.4) is 0 Å². The Bertz CT molecular complexity index is 935. The molecule has 3 aromatic rings. The number of hydrazone groups is 1. The Hall–Kier alpha value is -2.31. The summed E-state index contributed by atoms with van der Waals surface area (Å²) in [4.78, 5) is 1.23. The fourth-order valence-electron chi connectivity index (χ4n) is 3.58. The van der Waals surface area contributed by atoms with Crippen LogP contribution in [0.1, 0.15) is 41.6 Å². The van der Waals surface area contributed by atoms with Gasteiger partial charge in [-0.3, -0.25) is 0 Å². The Morgan fingerprint density at radius 2 is 2.19 bits per heavy atom. The Kier molecular flexibility index (Phi) is 3.94. The van der Waals surface area contributed by atoms with Crippen molar-refractivity contribution in [1.29, 1.82) is 0 Å². The van der Waals surface area contributed by atoms with Crippen molar-refractivity contribution in [2.75, 3.05) is 6.61 Å². The fourth-order valence-corrected chi connectivity index (χ4v) is 4.97. The van der Waals surface area contributed by atoms with E-state index in [9.17, 15) is 0 Å². The topological polar surface area (TPSA) is 34.1 Å². The van der Waals surface area contributed by atoms with Crippen molar-refractivity contribution in [3.05, 3.63) is 68.5 Å². The molecule has 132 valence electrons. The van der Waals surface area contributed by atoms with E-state index in [1.807, 2.05) is 19.1 Å². The second kappa shape index (κ2) is 6.45. The minimum atomic E-state index is -0.224. The molecule has 0 N–H and O–H groups in total. The number of hydrogen-bond donors (Lipinski definition) is 0. The maximum Gasteiger partial charge on any atom is 0.214 e. The third kappa shape index (κ3) is 2.52. The summed E-state index contributed by atoms with van der Waals surface area (Å²) in [5.41, 5.74) is 3.41. The first kappa shape index (κ1) is 15.9. The van der Waals surface area contributed by atoms with E-state index < -0.39 is 0 Å². The van der Waals surface area contributed by atoms with Crippen LogP contribution < -0.4 is 9.47 Å². The van der Waals surface area contributed by atoms with E-state index in [0.29, 0.717) is 6.61 Å². The third-order valence-corrected chi connectivity index (χ3v) is 6.33. The molecule has 4 heterocycles. The van der Waals surface area contributed by atoms with Crippen molar-refractivity contribution >= 4 is 28.4 Å². The molecule has 0 bridgehead atoms. The third-order valence-electron chi connectivity index (χ3n) is 4.71. The van der Waals surface area contributed by atoms with Crippen LogP contribution in [-0.4, -0.2) is 17.3 Å². The summed E-state index contributed by atoms with van der Waals surface area (Å²) in [5.74, 6) is 1.67. The minimum absolute atomic E-state index is 0.168. The van der Waals surface area contributed by atoms with Crippen molar-refractivity contribution in [2.24, 2.45) is 5.10 Å². The number of rotatable bonds is 4. The molecule has 5 rings (SSSR count). The van der Waals surface area contributed by atoms with Crippen LogP contribution in [0.25, 0.3) is 0 Å². The molecule has 0 amide bonds. The molecule has 0 unspecified atom stereocenters. The number of para-hydroxylation sites is 1. The molecular weight excluding hydrogens is 364 g/mol. The van der Waals surface area contributed by atoms with Crippen LogP contribution in [0.2, 0.25) is 0 Å². The number of hydrogen-bond acceptors (Lipinski definition) is 6. The Morgan fingerprint density at radius 1 is 1.23 bits per heavy atom. The monoisotopic (exact) mass is 382 g/mol. The zero-order valence-corrected chi connectivity index (χ0v) is 15.9. The first-order valence-corrected chi connectivity index (χ1v) is 10.5. The first-order valence-electron chi connectivity index (χ1n) is 8.69. The summed E-state index contributed by atoms with van der Waals surface area (Å²) in [5, 5.41) is 13.4. The largest absolute Gasteiger partial charge is 0.490 e. The van der Waals surface area contributed by atoms with E-state index in [1.54, 1.807) is 22.7 Å². The van der Waals surface area contributed by atoms with Gasteiger partial charge in [0.25, 0.3) is 0 Å². The van der Waals surface area contributed by atoms with Gasteiger partial charge in [-0.15, -0.1) is 11.3 Å². The van der Waals surface area contributed by atoms with Gasteiger partial charge < -0.3 is 9.47 Å². The zero-order chi connectivity index (χ0) is 17.5. The van der Waals surface area contributed by atoms with Gasteiger partial charge >= 0.3 is 0 Å². The van der Waals surface area contributed by atoms with Gasteiger partial charge in [0.15, 0.2) is 11.5 Å². The average molecular weight is 383 g/mol. The number of fused-ring (bicyclic) bond motifs is 3. The standard InChI is InChI=1S/C20H18N2O2S2/c1-2-23-17-6-3-5-14-16-11-15(18-7-4-9-26-18)21-22(16)20(24-19(14)17)13-8-10-25-12-13/h3-10,12,16,20H,2,11H2,1H3/t16-,20+/m0/s1. The Morgan fingerprint density at radius 3 is 2.96 bits per heavy atom. The van der Waals surface area contributed by atoms with Crippen LogP contribution in [0, 0.1) is 0 Å². The molecule has 0 aliphatic carbocycles. The lowest BCUT2D eigenvalue weighted by atomic mass is 9.97.